The smallest absolute Gasteiger partial charge is 0.224 e. The van der Waals surface area contributed by atoms with Gasteiger partial charge in [0.05, 0.1) is 11.3 Å². The Morgan fingerprint density at radius 2 is 2.06 bits per heavy atom. The van der Waals surface area contributed by atoms with E-state index in [1.165, 1.54) is 0 Å². The lowest BCUT2D eigenvalue weighted by Gasteiger charge is -2.09. The van der Waals surface area contributed by atoms with Gasteiger partial charge in [-0.1, -0.05) is 12.1 Å². The molecule has 0 fully saturated rings. The number of nitrogens with one attached hydrogen (secondary N) is 1. The summed E-state index contributed by atoms with van der Waals surface area (Å²) >= 11 is 5.79. The Labute approximate surface area is 110 Å². The molecule has 2 aromatic rings. The van der Waals surface area contributed by atoms with Crippen LogP contribution in [0.4, 0.5) is 11.5 Å². The molecule has 5 heteroatoms. The van der Waals surface area contributed by atoms with E-state index in [1.54, 1.807) is 6.07 Å². The van der Waals surface area contributed by atoms with Crippen LogP contribution >= 0.6 is 11.6 Å². The molecule has 0 saturated heterocycles. The fourth-order valence-electron chi connectivity index (χ4n) is 1.65. The lowest BCUT2D eigenvalue weighted by molar-refractivity contribution is 1.10. The number of benzene rings is 1. The van der Waals surface area contributed by atoms with Crippen LogP contribution in [0.1, 0.15) is 16.8 Å². The zero-order chi connectivity index (χ0) is 13.1. The Kier molecular flexibility index (Phi) is 3.45. The van der Waals surface area contributed by atoms with Gasteiger partial charge in [0.25, 0.3) is 0 Å². The summed E-state index contributed by atoms with van der Waals surface area (Å²) in [6.07, 6.45) is 0. The van der Waals surface area contributed by atoms with Crippen molar-refractivity contribution in [2.45, 2.75) is 13.8 Å². The van der Waals surface area contributed by atoms with E-state index >= 15 is 0 Å². The summed E-state index contributed by atoms with van der Waals surface area (Å²) < 4.78 is 0. The van der Waals surface area contributed by atoms with E-state index in [-0.39, 0.29) is 5.28 Å². The first kappa shape index (κ1) is 12.3. The van der Waals surface area contributed by atoms with Gasteiger partial charge in [-0.3, -0.25) is 0 Å². The minimum absolute atomic E-state index is 0.184. The van der Waals surface area contributed by atoms with Crippen LogP contribution in [0.3, 0.4) is 0 Å². The fraction of sp³-hybridized carbons (Fsp3) is 0.154. The Bertz CT molecular complexity index is 611. The van der Waals surface area contributed by atoms with Crippen LogP contribution in [0.2, 0.25) is 5.28 Å². The van der Waals surface area contributed by atoms with Crippen LogP contribution in [0.15, 0.2) is 24.3 Å². The molecule has 4 nitrogen and oxygen atoms in total. The molecular weight excluding hydrogens is 248 g/mol. The Morgan fingerprint density at radius 3 is 2.72 bits per heavy atom. The first-order valence-electron chi connectivity index (χ1n) is 5.38. The molecule has 1 N–H and O–H groups in total. The molecule has 0 aliphatic heterocycles. The van der Waals surface area contributed by atoms with E-state index in [2.05, 4.69) is 21.4 Å². The lowest BCUT2D eigenvalue weighted by atomic mass is 10.1. The van der Waals surface area contributed by atoms with Gasteiger partial charge in [-0.25, -0.2) is 9.97 Å². The number of hydrogen-bond donors (Lipinski definition) is 1. The highest BCUT2D eigenvalue weighted by Crippen LogP contribution is 2.22. The lowest BCUT2D eigenvalue weighted by Crippen LogP contribution is -1.99. The number of anilines is 2. The summed E-state index contributed by atoms with van der Waals surface area (Å²) in [6, 6.07) is 9.55. The molecular formula is C13H11ClN4. The molecule has 1 aromatic heterocycles. The highest BCUT2D eigenvalue weighted by atomic mass is 35.5. The molecule has 1 aromatic carbocycles. The normalized spacial score (nSPS) is 9.89. The number of nitriles is 1. The summed E-state index contributed by atoms with van der Waals surface area (Å²) in [6.45, 7) is 3.72. The van der Waals surface area contributed by atoms with E-state index in [9.17, 15) is 0 Å². The molecule has 0 spiro atoms. The monoisotopic (exact) mass is 258 g/mol. The van der Waals surface area contributed by atoms with Gasteiger partial charge in [-0.2, -0.15) is 5.26 Å². The van der Waals surface area contributed by atoms with Crippen molar-refractivity contribution >= 4 is 23.1 Å². The zero-order valence-electron chi connectivity index (χ0n) is 10.0. The number of aromatic nitrogens is 2. The summed E-state index contributed by atoms with van der Waals surface area (Å²) in [5, 5.41) is 12.4. The van der Waals surface area contributed by atoms with Crippen LogP contribution in [0.25, 0.3) is 0 Å². The SMILES string of the molecule is Cc1cc(Nc2cccc(C)c2C#N)nc(Cl)n1. The number of halogens is 1. The second kappa shape index (κ2) is 5.03. The van der Waals surface area contributed by atoms with Crippen molar-refractivity contribution < 1.29 is 0 Å². The number of hydrogen-bond acceptors (Lipinski definition) is 4. The zero-order valence-corrected chi connectivity index (χ0v) is 10.8. The molecule has 0 atom stereocenters. The summed E-state index contributed by atoms with van der Waals surface area (Å²) in [5.74, 6) is 0.578. The third-order valence-electron chi connectivity index (χ3n) is 2.47. The molecule has 2 rings (SSSR count). The third-order valence-corrected chi connectivity index (χ3v) is 2.64. The maximum Gasteiger partial charge on any atom is 0.224 e. The Balaban J connectivity index is 2.40. The van der Waals surface area contributed by atoms with Gasteiger partial charge in [0.15, 0.2) is 0 Å². The van der Waals surface area contributed by atoms with E-state index < -0.39 is 0 Å². The second-order valence-corrected chi connectivity index (χ2v) is 4.24. The Hall–Kier alpha value is -2.12. The largest absolute Gasteiger partial charge is 0.339 e. The fourth-order valence-corrected chi connectivity index (χ4v) is 1.88. The molecule has 0 aliphatic rings. The first-order valence-corrected chi connectivity index (χ1v) is 5.76. The molecule has 0 bridgehead atoms. The molecule has 0 saturated carbocycles. The summed E-state index contributed by atoms with van der Waals surface area (Å²) in [4.78, 5) is 8.05. The van der Waals surface area contributed by atoms with Gasteiger partial charge in [0, 0.05) is 11.8 Å². The van der Waals surface area contributed by atoms with Crippen molar-refractivity contribution in [1.82, 2.24) is 9.97 Å². The maximum absolute atomic E-state index is 9.14. The van der Waals surface area contributed by atoms with Crippen molar-refractivity contribution in [3.05, 3.63) is 46.4 Å². The average molecular weight is 259 g/mol. The van der Waals surface area contributed by atoms with E-state index in [4.69, 9.17) is 16.9 Å². The van der Waals surface area contributed by atoms with Gasteiger partial charge in [-0.05, 0) is 37.1 Å². The van der Waals surface area contributed by atoms with Crippen molar-refractivity contribution in [3.8, 4) is 6.07 Å². The van der Waals surface area contributed by atoms with Crippen LogP contribution in [-0.4, -0.2) is 9.97 Å². The van der Waals surface area contributed by atoms with Crippen molar-refractivity contribution in [2.75, 3.05) is 5.32 Å². The number of aryl methyl sites for hydroxylation is 2. The summed E-state index contributed by atoms with van der Waals surface area (Å²) in [7, 11) is 0. The maximum atomic E-state index is 9.14. The number of nitrogens with zero attached hydrogens (tertiary/aromatic N) is 3. The Morgan fingerprint density at radius 1 is 1.28 bits per heavy atom. The molecule has 0 amide bonds. The summed E-state index contributed by atoms with van der Waals surface area (Å²) in [5.41, 5.74) is 3.00. The molecule has 1 heterocycles. The van der Waals surface area contributed by atoms with E-state index in [1.807, 2.05) is 32.0 Å². The molecule has 0 unspecified atom stereocenters. The standard InChI is InChI=1S/C13H11ClN4/c1-8-4-3-5-11(10(8)7-15)17-12-6-9(2)16-13(14)18-12/h3-6H,1-2H3,(H,16,17,18). The van der Waals surface area contributed by atoms with Gasteiger partial charge in [0.2, 0.25) is 5.28 Å². The third kappa shape index (κ3) is 2.58. The highest BCUT2D eigenvalue weighted by Gasteiger charge is 2.06. The van der Waals surface area contributed by atoms with Gasteiger partial charge < -0.3 is 5.32 Å². The van der Waals surface area contributed by atoms with Crippen LogP contribution in [0, 0.1) is 25.2 Å². The molecule has 0 aliphatic carbocycles. The van der Waals surface area contributed by atoms with Crippen molar-refractivity contribution in [3.63, 3.8) is 0 Å². The van der Waals surface area contributed by atoms with E-state index in [0.29, 0.717) is 17.1 Å². The number of rotatable bonds is 2. The van der Waals surface area contributed by atoms with Crippen LogP contribution in [0.5, 0.6) is 0 Å². The van der Waals surface area contributed by atoms with Crippen LogP contribution < -0.4 is 5.32 Å². The highest BCUT2D eigenvalue weighted by molar-refractivity contribution is 6.28. The minimum Gasteiger partial charge on any atom is -0.339 e. The van der Waals surface area contributed by atoms with Crippen LogP contribution in [-0.2, 0) is 0 Å². The van der Waals surface area contributed by atoms with E-state index in [0.717, 1.165) is 11.3 Å². The van der Waals surface area contributed by atoms with Crippen molar-refractivity contribution in [1.29, 1.82) is 5.26 Å². The van der Waals surface area contributed by atoms with Gasteiger partial charge in [0.1, 0.15) is 11.9 Å². The average Bonchev–Trinajstić information content (AvgIpc) is 2.27. The van der Waals surface area contributed by atoms with Gasteiger partial charge in [-0.15, -0.1) is 0 Å². The quantitative estimate of drug-likeness (QED) is 0.839. The minimum atomic E-state index is 0.184. The molecule has 0 radical (unpaired) electrons. The topological polar surface area (TPSA) is 61.6 Å². The predicted octanol–water partition coefficient (Wildman–Crippen LogP) is 3.36. The second-order valence-electron chi connectivity index (χ2n) is 3.90. The van der Waals surface area contributed by atoms with Gasteiger partial charge >= 0.3 is 0 Å². The predicted molar refractivity (Wildman–Crippen MR) is 71.0 cm³/mol. The van der Waals surface area contributed by atoms with Crippen molar-refractivity contribution in [2.24, 2.45) is 0 Å². The molecule has 18 heavy (non-hydrogen) atoms. The first-order chi connectivity index (χ1) is 8.60. The molecule has 90 valence electrons.